The van der Waals surface area contributed by atoms with E-state index >= 15 is 0 Å². The number of nitrogens with zero attached hydrogens (tertiary/aromatic N) is 2. The summed E-state index contributed by atoms with van der Waals surface area (Å²) in [4.78, 5) is 13.7. The van der Waals surface area contributed by atoms with Gasteiger partial charge in [0.25, 0.3) is 0 Å². The Balaban J connectivity index is 1.84. The second-order valence-electron chi connectivity index (χ2n) is 4.96. The summed E-state index contributed by atoms with van der Waals surface area (Å²) < 4.78 is 0. The van der Waals surface area contributed by atoms with Crippen molar-refractivity contribution in [1.82, 2.24) is 4.90 Å². The monoisotopic (exact) mass is 259 g/mol. The van der Waals surface area contributed by atoms with E-state index in [1.54, 1.807) is 24.3 Å². The first-order valence-electron chi connectivity index (χ1n) is 6.29. The fourth-order valence-electron chi connectivity index (χ4n) is 2.19. The van der Waals surface area contributed by atoms with Gasteiger partial charge < -0.3 is 10.4 Å². The first kappa shape index (κ1) is 13.5. The molecule has 1 amide bonds. The first-order valence-corrected chi connectivity index (χ1v) is 6.29. The van der Waals surface area contributed by atoms with E-state index in [0.717, 1.165) is 0 Å². The summed E-state index contributed by atoms with van der Waals surface area (Å²) in [6.07, 6.45) is 0.704. The number of amides is 1. The Hall–Kier alpha value is -1.90. The van der Waals surface area contributed by atoms with E-state index in [9.17, 15) is 9.90 Å². The van der Waals surface area contributed by atoms with Gasteiger partial charge in [0.15, 0.2) is 0 Å². The maximum absolute atomic E-state index is 11.8. The zero-order valence-electron chi connectivity index (χ0n) is 10.9. The predicted octanol–water partition coefficient (Wildman–Crippen LogP) is 0.953. The molecule has 5 heteroatoms. The summed E-state index contributed by atoms with van der Waals surface area (Å²) in [6, 6.07) is 8.83. The van der Waals surface area contributed by atoms with Gasteiger partial charge in [-0.15, -0.1) is 0 Å². The van der Waals surface area contributed by atoms with Crippen molar-refractivity contribution in [2.24, 2.45) is 0 Å². The lowest BCUT2D eigenvalue weighted by Crippen LogP contribution is -2.62. The SMILES string of the molecule is CCC1(O)CN(CC(=O)Nc2cccc(C#N)c2)C1. The molecule has 1 fully saturated rings. The van der Waals surface area contributed by atoms with Gasteiger partial charge in [0.05, 0.1) is 23.8 Å². The smallest absolute Gasteiger partial charge is 0.238 e. The first-order chi connectivity index (χ1) is 9.04. The fourth-order valence-corrected chi connectivity index (χ4v) is 2.19. The Bertz CT molecular complexity index is 516. The summed E-state index contributed by atoms with van der Waals surface area (Å²) in [5, 5.41) is 21.4. The number of carbonyl (C=O) groups excluding carboxylic acids is 1. The van der Waals surface area contributed by atoms with Gasteiger partial charge in [-0.2, -0.15) is 5.26 Å². The number of anilines is 1. The molecule has 0 spiro atoms. The minimum Gasteiger partial charge on any atom is -0.387 e. The molecule has 1 aromatic carbocycles. The highest BCUT2D eigenvalue weighted by Crippen LogP contribution is 2.23. The third kappa shape index (κ3) is 3.31. The molecule has 0 atom stereocenters. The normalized spacial score (nSPS) is 17.3. The third-order valence-electron chi connectivity index (χ3n) is 3.34. The molecular weight excluding hydrogens is 242 g/mol. The Labute approximate surface area is 112 Å². The van der Waals surface area contributed by atoms with Crippen molar-refractivity contribution in [3.63, 3.8) is 0 Å². The summed E-state index contributed by atoms with van der Waals surface area (Å²) in [5.41, 5.74) is 0.513. The summed E-state index contributed by atoms with van der Waals surface area (Å²) in [6.45, 7) is 3.27. The molecule has 2 N–H and O–H groups in total. The zero-order valence-corrected chi connectivity index (χ0v) is 10.9. The molecule has 0 radical (unpaired) electrons. The van der Waals surface area contributed by atoms with E-state index in [0.29, 0.717) is 30.8 Å². The van der Waals surface area contributed by atoms with Crippen LogP contribution in [0.5, 0.6) is 0 Å². The fraction of sp³-hybridized carbons (Fsp3) is 0.429. The lowest BCUT2D eigenvalue weighted by molar-refractivity contribution is -0.128. The molecule has 0 aliphatic carbocycles. The Morgan fingerprint density at radius 3 is 2.95 bits per heavy atom. The van der Waals surface area contributed by atoms with Crippen molar-refractivity contribution >= 4 is 11.6 Å². The maximum Gasteiger partial charge on any atom is 0.238 e. The molecule has 0 aromatic heterocycles. The molecule has 1 aliphatic rings. The van der Waals surface area contributed by atoms with E-state index in [2.05, 4.69) is 5.32 Å². The minimum atomic E-state index is -0.624. The molecule has 0 saturated carbocycles. The molecular formula is C14H17N3O2. The molecule has 1 saturated heterocycles. The number of aliphatic hydroxyl groups is 1. The van der Waals surface area contributed by atoms with Crippen molar-refractivity contribution in [3.05, 3.63) is 29.8 Å². The van der Waals surface area contributed by atoms with Gasteiger partial charge in [0.2, 0.25) is 5.91 Å². The van der Waals surface area contributed by atoms with E-state index in [1.165, 1.54) is 0 Å². The predicted molar refractivity (Wildman–Crippen MR) is 71.5 cm³/mol. The number of benzene rings is 1. The molecule has 1 aliphatic heterocycles. The number of β-amino-alcohol motifs (C(OH)–C–C–N with tert-alkyl or cyclic N) is 1. The van der Waals surface area contributed by atoms with Crippen LogP contribution in [0.4, 0.5) is 5.69 Å². The van der Waals surface area contributed by atoms with Crippen LogP contribution in [-0.2, 0) is 4.79 Å². The van der Waals surface area contributed by atoms with Gasteiger partial charge in [-0.1, -0.05) is 13.0 Å². The molecule has 5 nitrogen and oxygen atoms in total. The molecule has 2 rings (SSSR count). The van der Waals surface area contributed by atoms with Crippen LogP contribution in [0, 0.1) is 11.3 Å². The van der Waals surface area contributed by atoms with Crippen LogP contribution < -0.4 is 5.32 Å². The van der Waals surface area contributed by atoms with Crippen molar-refractivity contribution in [1.29, 1.82) is 5.26 Å². The van der Waals surface area contributed by atoms with Gasteiger partial charge in [-0.3, -0.25) is 9.69 Å². The minimum absolute atomic E-state index is 0.131. The summed E-state index contributed by atoms with van der Waals surface area (Å²) >= 11 is 0. The van der Waals surface area contributed by atoms with E-state index in [1.807, 2.05) is 17.9 Å². The van der Waals surface area contributed by atoms with Crippen LogP contribution in [0.15, 0.2) is 24.3 Å². The topological polar surface area (TPSA) is 76.4 Å². The lowest BCUT2D eigenvalue weighted by Gasteiger charge is -2.45. The lowest BCUT2D eigenvalue weighted by atomic mass is 9.91. The van der Waals surface area contributed by atoms with Crippen LogP contribution in [0.3, 0.4) is 0 Å². The molecule has 0 unspecified atom stereocenters. The van der Waals surface area contributed by atoms with Gasteiger partial charge in [0.1, 0.15) is 0 Å². The van der Waals surface area contributed by atoms with Gasteiger partial charge in [0, 0.05) is 18.8 Å². The molecule has 19 heavy (non-hydrogen) atoms. The summed E-state index contributed by atoms with van der Waals surface area (Å²) in [5.74, 6) is -0.131. The highest BCUT2D eigenvalue weighted by molar-refractivity contribution is 5.92. The number of nitrogens with one attached hydrogen (secondary N) is 1. The molecule has 0 bridgehead atoms. The second-order valence-corrected chi connectivity index (χ2v) is 4.96. The summed E-state index contributed by atoms with van der Waals surface area (Å²) in [7, 11) is 0. The number of carbonyl (C=O) groups is 1. The molecule has 1 heterocycles. The number of rotatable bonds is 4. The zero-order chi connectivity index (χ0) is 13.9. The van der Waals surface area contributed by atoms with Gasteiger partial charge in [-0.05, 0) is 24.6 Å². The average Bonchev–Trinajstić information content (AvgIpc) is 2.36. The largest absolute Gasteiger partial charge is 0.387 e. The van der Waals surface area contributed by atoms with Crippen LogP contribution >= 0.6 is 0 Å². The highest BCUT2D eigenvalue weighted by atomic mass is 16.3. The third-order valence-corrected chi connectivity index (χ3v) is 3.34. The van der Waals surface area contributed by atoms with Crippen molar-refractivity contribution < 1.29 is 9.90 Å². The van der Waals surface area contributed by atoms with Crippen molar-refractivity contribution in [3.8, 4) is 6.07 Å². The standard InChI is InChI=1S/C14H17N3O2/c1-2-14(19)9-17(10-14)8-13(18)16-12-5-3-4-11(6-12)7-15/h3-6,19H,2,8-10H2,1H3,(H,16,18). The Morgan fingerprint density at radius 2 is 2.32 bits per heavy atom. The number of likely N-dealkylation sites (tertiary alicyclic amines) is 1. The van der Waals surface area contributed by atoms with Crippen LogP contribution in [0.2, 0.25) is 0 Å². The van der Waals surface area contributed by atoms with Crippen LogP contribution in [0.25, 0.3) is 0 Å². The van der Waals surface area contributed by atoms with Gasteiger partial charge in [-0.25, -0.2) is 0 Å². The molecule has 1 aromatic rings. The van der Waals surface area contributed by atoms with Crippen LogP contribution in [0.1, 0.15) is 18.9 Å². The number of hydrogen-bond donors (Lipinski definition) is 2. The second kappa shape index (κ2) is 5.39. The number of nitriles is 1. The van der Waals surface area contributed by atoms with E-state index in [4.69, 9.17) is 5.26 Å². The van der Waals surface area contributed by atoms with Crippen LogP contribution in [-0.4, -0.2) is 41.1 Å². The van der Waals surface area contributed by atoms with Gasteiger partial charge >= 0.3 is 0 Å². The number of hydrogen-bond acceptors (Lipinski definition) is 4. The Kier molecular flexibility index (Phi) is 3.84. The van der Waals surface area contributed by atoms with E-state index < -0.39 is 5.60 Å². The van der Waals surface area contributed by atoms with Crippen molar-refractivity contribution in [2.45, 2.75) is 18.9 Å². The quantitative estimate of drug-likeness (QED) is 0.844. The highest BCUT2D eigenvalue weighted by Gasteiger charge is 2.39. The Morgan fingerprint density at radius 1 is 1.58 bits per heavy atom. The average molecular weight is 259 g/mol. The molecule has 100 valence electrons. The maximum atomic E-state index is 11.8. The van der Waals surface area contributed by atoms with E-state index in [-0.39, 0.29) is 12.5 Å². The van der Waals surface area contributed by atoms with Crippen molar-refractivity contribution in [2.75, 3.05) is 25.0 Å².